The highest BCUT2D eigenvalue weighted by Crippen LogP contribution is 2.59. The lowest BCUT2D eigenvalue weighted by Crippen LogP contribution is -2.15. The van der Waals surface area contributed by atoms with Crippen LogP contribution in [0.25, 0.3) is 337 Å². The van der Waals surface area contributed by atoms with E-state index in [1.165, 1.54) is 32.7 Å². The molecule has 0 atom stereocenters. The van der Waals surface area contributed by atoms with Gasteiger partial charge in [-0.05, 0) is 171 Å². The van der Waals surface area contributed by atoms with Crippen LogP contribution in [0, 0.1) is 0 Å². The fraction of sp³-hybridized carbons (Fsp3) is 0.0238. The summed E-state index contributed by atoms with van der Waals surface area (Å²) in [4.78, 5) is 45.9. The SMILES string of the molecule is CC1(C)c2ccc3oc4ccc5c6c4c3c2c2c1ccc1oc3ccc(c6c3c12)n5-c1nc(-c2ccccc2)nc(-c2ccccc2)n1.c1ccc(-c2nc(-c3ccccc3)nc(-n3c4ccc5oc6ccc7oc8ccc9oc%10ccc3c3c%10c9c8c7c6c5c34)n2)cc1.c1ccc(-c2nc(-c3ccccc3)nc(-n3c4cccc5c6cc7c(cc6c6cccc8oc9ccc3c(c9c86)c54)oc3ccccc37)n2)cc1. The molecule has 19 heteroatoms. The molecular weight excluding hydrogens is 1790 g/mol. The summed E-state index contributed by atoms with van der Waals surface area (Å²) in [7, 11) is 0. The van der Waals surface area contributed by atoms with Crippen molar-refractivity contribution in [1.29, 1.82) is 0 Å². The van der Waals surface area contributed by atoms with Gasteiger partial charge in [0.05, 0.1) is 33.1 Å². The van der Waals surface area contributed by atoms with Crippen LogP contribution in [0.2, 0.25) is 0 Å². The van der Waals surface area contributed by atoms with Crippen LogP contribution in [0.3, 0.4) is 0 Å². The van der Waals surface area contributed by atoms with E-state index in [1.54, 1.807) is 0 Å². The number of nitrogens with zero attached hydrogens (tertiary/aromatic N) is 12. The maximum atomic E-state index is 6.67. The zero-order valence-electron chi connectivity index (χ0n) is 76.9. The van der Waals surface area contributed by atoms with E-state index in [2.05, 4.69) is 173 Å². The number of rotatable bonds is 9. The van der Waals surface area contributed by atoms with Gasteiger partial charge in [-0.1, -0.05) is 250 Å². The fourth-order valence-electron chi connectivity index (χ4n) is 24.7. The fourth-order valence-corrected chi connectivity index (χ4v) is 24.7. The first-order valence-corrected chi connectivity index (χ1v) is 48.5. The van der Waals surface area contributed by atoms with Crippen molar-refractivity contribution in [3.63, 3.8) is 0 Å². The molecule has 35 aromatic rings. The summed E-state index contributed by atoms with van der Waals surface area (Å²) in [6.07, 6.45) is 0. The molecule has 1 aliphatic carbocycles. The lowest BCUT2D eigenvalue weighted by Gasteiger charge is -2.21. The van der Waals surface area contributed by atoms with Crippen molar-refractivity contribution >= 4 is 251 Å². The molecule has 0 fully saturated rings. The van der Waals surface area contributed by atoms with E-state index in [9.17, 15) is 0 Å². The van der Waals surface area contributed by atoms with Crippen LogP contribution in [0.15, 0.2) is 395 Å². The molecule has 36 rings (SSSR count). The second-order valence-electron chi connectivity index (χ2n) is 38.7. The van der Waals surface area contributed by atoms with Crippen LogP contribution in [0.1, 0.15) is 25.0 Å². The topological polar surface area (TPSA) is 223 Å². The van der Waals surface area contributed by atoms with Crippen LogP contribution in [0.4, 0.5) is 0 Å². The summed E-state index contributed by atoms with van der Waals surface area (Å²) >= 11 is 0. The second-order valence-corrected chi connectivity index (χ2v) is 38.7. The summed E-state index contributed by atoms with van der Waals surface area (Å²) in [5.41, 5.74) is 26.0. The molecule has 0 amide bonds. The molecule has 0 N–H and O–H groups in total. The largest absolute Gasteiger partial charge is 0.456 e. The molecule has 22 aromatic carbocycles. The highest BCUT2D eigenvalue weighted by atomic mass is 16.4. The number of furan rings is 7. The van der Waals surface area contributed by atoms with E-state index in [0.29, 0.717) is 52.8 Å². The summed E-state index contributed by atoms with van der Waals surface area (Å²) in [5, 5.41) is 29.0. The van der Waals surface area contributed by atoms with E-state index in [0.717, 1.165) is 263 Å². The molecule has 672 valence electrons. The highest BCUT2D eigenvalue weighted by Gasteiger charge is 2.40. The van der Waals surface area contributed by atoms with Gasteiger partial charge in [-0.3, -0.25) is 13.7 Å². The van der Waals surface area contributed by atoms with Crippen molar-refractivity contribution < 1.29 is 30.9 Å². The van der Waals surface area contributed by atoms with E-state index in [-0.39, 0.29) is 5.41 Å². The molecule has 0 radical (unpaired) electrons. The maximum Gasteiger partial charge on any atom is 0.238 e. The number of aromatic nitrogens is 12. The van der Waals surface area contributed by atoms with Crippen molar-refractivity contribution in [2.24, 2.45) is 0 Å². The second kappa shape index (κ2) is 27.8. The number of hydrogen-bond donors (Lipinski definition) is 0. The number of benzene rings is 19. The van der Waals surface area contributed by atoms with Crippen molar-refractivity contribution in [3.8, 4) is 86.2 Å². The Morgan fingerprint density at radius 1 is 0.159 bits per heavy atom. The Balaban J connectivity index is 0.0000000938. The Hall–Kier alpha value is -19.8. The van der Waals surface area contributed by atoms with Crippen molar-refractivity contribution in [3.05, 3.63) is 375 Å². The predicted molar refractivity (Wildman–Crippen MR) is 578 cm³/mol. The molecule has 0 aliphatic heterocycles. The van der Waals surface area contributed by atoms with Gasteiger partial charge in [-0.15, -0.1) is 0 Å². The zero-order valence-corrected chi connectivity index (χ0v) is 76.9. The van der Waals surface area contributed by atoms with Gasteiger partial charge in [0.2, 0.25) is 17.8 Å². The average Bonchev–Trinajstić information content (AvgIpc) is 1.51. The standard InChI is InChI=1S/C45H24N4O2.C42H24N4O2.C39H18N4O3/c1-3-11-25(12-4-1)43-46-44(26-13-5-2-6-14-26)48-45(47-43)49-33-18-9-16-28-30-23-32-27-15-7-8-19-35(27)50-38(32)24-31(30)29-17-10-20-36-40(29)42-37(51-36)22-21-34(49)41(42)39(28)33;1-42(2)23-13-17-27-35-31(23)32-24(42)14-18-28-36(32)38-30(48-28)20-16-26-34(38)33-25(15-19-29(47-27)37(33)35)46(26)41-44-39(21-9-5-3-6-10-21)43-40(45-41)22-11-7-4-8-12-22;1-3-7-19(8-4-1)37-40-38(20-9-5-2-6-10-20)42-39(41-37)43-21-11-13-23-31-29(21)30-22(43)12-14-24-32(30)34-26(45-24)16-18-28-36(34)35-27(46-28)17-15-25(44-23)33(31)35/h1-24H;3-20H,1-2H3;1-18H. The summed E-state index contributed by atoms with van der Waals surface area (Å²) in [6.45, 7) is 4.67. The molecule has 0 spiro atoms. The average molecular weight is 1860 g/mol. The third-order valence-corrected chi connectivity index (χ3v) is 30.8. The number of hydrogen-bond acceptors (Lipinski definition) is 16. The van der Waals surface area contributed by atoms with E-state index >= 15 is 0 Å². The van der Waals surface area contributed by atoms with Crippen molar-refractivity contribution in [1.82, 2.24) is 58.6 Å². The van der Waals surface area contributed by atoms with E-state index in [4.69, 9.17) is 75.8 Å². The van der Waals surface area contributed by atoms with E-state index < -0.39 is 0 Å². The van der Waals surface area contributed by atoms with Gasteiger partial charge in [-0.25, -0.2) is 15.0 Å². The Kier molecular flexibility index (Phi) is 14.8. The van der Waals surface area contributed by atoms with Crippen molar-refractivity contribution in [2.75, 3.05) is 0 Å². The lowest BCUT2D eigenvalue weighted by molar-refractivity contribution is 0.655. The van der Waals surface area contributed by atoms with Gasteiger partial charge in [-0.2, -0.15) is 29.9 Å². The maximum absolute atomic E-state index is 6.67. The molecule has 19 nitrogen and oxygen atoms in total. The minimum absolute atomic E-state index is 0.164. The highest BCUT2D eigenvalue weighted by molar-refractivity contribution is 6.47. The molecule has 145 heavy (non-hydrogen) atoms. The Morgan fingerprint density at radius 3 is 0.738 bits per heavy atom. The minimum atomic E-state index is -0.164. The zero-order chi connectivity index (χ0) is 94.3. The third-order valence-electron chi connectivity index (χ3n) is 30.8. The molecule has 1 aliphatic rings. The van der Waals surface area contributed by atoms with Gasteiger partial charge in [0.1, 0.15) is 78.2 Å². The number of para-hydroxylation sites is 1. The Labute approximate surface area is 816 Å². The minimum Gasteiger partial charge on any atom is -0.456 e. The van der Waals surface area contributed by atoms with Crippen LogP contribution >= 0.6 is 0 Å². The Morgan fingerprint density at radius 2 is 0.393 bits per heavy atom. The molecule has 13 aromatic heterocycles. The normalized spacial score (nSPS) is 13.1. The summed E-state index contributed by atoms with van der Waals surface area (Å²) in [5.74, 6) is 5.37. The number of fused-ring (bicyclic) bond motifs is 6. The van der Waals surface area contributed by atoms with Crippen LogP contribution in [0.5, 0.6) is 0 Å². The monoisotopic (exact) mass is 1860 g/mol. The molecule has 0 saturated heterocycles. The first-order valence-electron chi connectivity index (χ1n) is 48.5. The first kappa shape index (κ1) is 77.2. The summed E-state index contributed by atoms with van der Waals surface area (Å²) in [6, 6.07) is 124. The third kappa shape index (κ3) is 10.3. The quantitative estimate of drug-likeness (QED) is 0.131. The Bertz CT molecular complexity index is 11200. The van der Waals surface area contributed by atoms with Gasteiger partial charge < -0.3 is 30.9 Å². The lowest BCUT2D eigenvalue weighted by atomic mass is 9.81. The van der Waals surface area contributed by atoms with Gasteiger partial charge in [0, 0.05) is 147 Å². The molecular formula is C126H66N12O7. The van der Waals surface area contributed by atoms with E-state index in [1.807, 2.05) is 218 Å². The predicted octanol–water partition coefficient (Wildman–Crippen LogP) is 32.9. The molecule has 13 heterocycles. The van der Waals surface area contributed by atoms with Gasteiger partial charge >= 0.3 is 0 Å². The summed E-state index contributed by atoms with van der Waals surface area (Å²) < 4.78 is 52.5. The van der Waals surface area contributed by atoms with Crippen LogP contribution in [-0.2, 0) is 5.41 Å². The van der Waals surface area contributed by atoms with Gasteiger partial charge in [0.25, 0.3) is 0 Å². The van der Waals surface area contributed by atoms with Gasteiger partial charge in [0.15, 0.2) is 34.9 Å². The molecule has 0 bridgehead atoms. The first-order chi connectivity index (χ1) is 71.6. The van der Waals surface area contributed by atoms with Crippen LogP contribution in [-0.4, -0.2) is 58.6 Å². The molecule has 0 unspecified atom stereocenters. The smallest absolute Gasteiger partial charge is 0.238 e. The van der Waals surface area contributed by atoms with Crippen molar-refractivity contribution in [2.45, 2.75) is 19.3 Å². The molecule has 0 saturated carbocycles. The van der Waals surface area contributed by atoms with Crippen LogP contribution < -0.4 is 0 Å².